The van der Waals surface area contributed by atoms with E-state index in [1.54, 1.807) is 6.92 Å². The maximum absolute atomic E-state index is 10.5. The fraction of sp³-hybridized carbons (Fsp3) is 0.167. The van der Waals surface area contributed by atoms with Crippen molar-refractivity contribution in [3.05, 3.63) is 17.6 Å². The molecule has 0 bridgehead atoms. The Balaban J connectivity index is 2.64. The second kappa shape index (κ2) is 2.07. The number of H-pyrrole nitrogens is 1. The molecule has 0 aliphatic rings. The molecule has 0 saturated heterocycles. The summed E-state index contributed by atoms with van der Waals surface area (Å²) in [5, 5.41) is 15.0. The van der Waals surface area contributed by atoms with Crippen molar-refractivity contribution in [1.29, 1.82) is 0 Å². The monoisotopic (exact) mass is 166 g/mol. The summed E-state index contributed by atoms with van der Waals surface area (Å²) in [7, 11) is 0. The highest BCUT2D eigenvalue weighted by Gasteiger charge is 2.09. The van der Waals surface area contributed by atoms with Crippen LogP contribution in [0.25, 0.3) is 5.65 Å². The third-order valence-corrected chi connectivity index (χ3v) is 1.47. The van der Waals surface area contributed by atoms with Crippen LogP contribution in [0, 0.1) is 6.92 Å². The first kappa shape index (κ1) is 6.84. The van der Waals surface area contributed by atoms with Gasteiger partial charge in [0.1, 0.15) is 11.5 Å². The van der Waals surface area contributed by atoms with E-state index >= 15 is 0 Å². The molecule has 0 unspecified atom stereocenters. The van der Waals surface area contributed by atoms with Gasteiger partial charge in [-0.05, 0) is 6.92 Å². The van der Waals surface area contributed by atoms with Crippen LogP contribution in [0.4, 0.5) is 0 Å². The van der Waals surface area contributed by atoms with Gasteiger partial charge in [0, 0.05) is 6.07 Å². The largest absolute Gasteiger partial charge is 0.477 e. The maximum Gasteiger partial charge on any atom is 0.353 e. The molecule has 0 aliphatic carbocycles. The molecule has 6 heteroatoms. The first-order chi connectivity index (χ1) is 5.66. The molecule has 0 aliphatic heterocycles. The number of aromatic carboxylic acids is 1. The molecule has 0 amide bonds. The maximum atomic E-state index is 10.5. The van der Waals surface area contributed by atoms with Gasteiger partial charge in [-0.15, -0.1) is 5.10 Å². The summed E-state index contributed by atoms with van der Waals surface area (Å²) in [6, 6.07) is 1.43. The lowest BCUT2D eigenvalue weighted by Crippen LogP contribution is -1.98. The molecule has 2 aromatic rings. The molecule has 0 spiro atoms. The molecule has 2 N–H and O–H groups in total. The van der Waals surface area contributed by atoms with Gasteiger partial charge in [-0.2, -0.15) is 4.63 Å². The minimum absolute atomic E-state index is 0.0880. The van der Waals surface area contributed by atoms with E-state index in [9.17, 15) is 4.79 Å². The molecule has 62 valence electrons. The zero-order valence-corrected chi connectivity index (χ0v) is 6.27. The Labute approximate surface area is 66.8 Å². The first-order valence-electron chi connectivity index (χ1n) is 3.32. The van der Waals surface area contributed by atoms with E-state index in [2.05, 4.69) is 15.2 Å². The third kappa shape index (κ3) is 0.849. The Kier molecular flexibility index (Phi) is 1.18. The number of aromatic amines is 1. The van der Waals surface area contributed by atoms with Gasteiger partial charge in [0.2, 0.25) is 0 Å². The Hall–Kier alpha value is -1.85. The lowest BCUT2D eigenvalue weighted by atomic mass is 10.4. The van der Waals surface area contributed by atoms with Gasteiger partial charge < -0.3 is 5.11 Å². The zero-order chi connectivity index (χ0) is 8.72. The number of carbonyl (C=O) groups is 1. The number of aryl methyl sites for hydroxylation is 1. The lowest BCUT2D eigenvalue weighted by molar-refractivity contribution is 0.0690. The summed E-state index contributed by atoms with van der Waals surface area (Å²) >= 11 is 0. The number of aromatic nitrogens is 4. The average Bonchev–Trinajstić information content (AvgIpc) is 2.42. The topological polar surface area (TPSA) is 83.3 Å². The van der Waals surface area contributed by atoms with E-state index in [1.165, 1.54) is 10.7 Å². The minimum Gasteiger partial charge on any atom is -0.477 e. The predicted octanol–water partition coefficient (Wildman–Crippen LogP) is 0.0640. The zero-order valence-electron chi connectivity index (χ0n) is 6.27. The van der Waals surface area contributed by atoms with Crippen LogP contribution in [-0.4, -0.2) is 30.9 Å². The first-order valence-corrected chi connectivity index (χ1v) is 3.32. The van der Waals surface area contributed by atoms with Crippen LogP contribution in [0.15, 0.2) is 6.07 Å². The minimum atomic E-state index is -1.01. The molecule has 0 atom stereocenters. The number of rotatable bonds is 1. The molecule has 2 heterocycles. The van der Waals surface area contributed by atoms with Crippen LogP contribution in [0.2, 0.25) is 0 Å². The third-order valence-electron chi connectivity index (χ3n) is 1.47. The standard InChI is InChI=1S/C6H6N4O2/c1-3-7-5-2-4(6(11)12)9-10(5)8-3/h2,9H,1H3,(H,11,12). The van der Waals surface area contributed by atoms with Gasteiger partial charge in [0.05, 0.1) is 0 Å². The van der Waals surface area contributed by atoms with Crippen molar-refractivity contribution >= 4 is 11.6 Å². The van der Waals surface area contributed by atoms with Crippen molar-refractivity contribution in [2.24, 2.45) is 0 Å². The van der Waals surface area contributed by atoms with E-state index in [1.807, 2.05) is 0 Å². The molecule has 0 saturated carbocycles. The molecule has 0 radical (unpaired) electrons. The van der Waals surface area contributed by atoms with E-state index < -0.39 is 5.97 Å². The molecular formula is C6H6N4O2. The van der Waals surface area contributed by atoms with Crippen molar-refractivity contribution in [2.45, 2.75) is 6.92 Å². The molecule has 2 aromatic heterocycles. The van der Waals surface area contributed by atoms with Gasteiger partial charge in [0.25, 0.3) is 0 Å². The van der Waals surface area contributed by atoms with Crippen LogP contribution < -0.4 is 0 Å². The van der Waals surface area contributed by atoms with Crippen LogP contribution in [-0.2, 0) is 0 Å². The molecular weight excluding hydrogens is 160 g/mol. The van der Waals surface area contributed by atoms with Crippen LogP contribution in [0.1, 0.15) is 16.3 Å². The number of carboxylic acid groups (broad SMARTS) is 1. The molecule has 0 aromatic carbocycles. The smallest absolute Gasteiger partial charge is 0.353 e. The highest BCUT2D eigenvalue weighted by molar-refractivity contribution is 5.86. The fourth-order valence-corrected chi connectivity index (χ4v) is 0.992. The van der Waals surface area contributed by atoms with E-state index in [0.717, 1.165) is 0 Å². The summed E-state index contributed by atoms with van der Waals surface area (Å²) < 4.78 is 1.33. The van der Waals surface area contributed by atoms with Gasteiger partial charge in [-0.25, -0.2) is 9.78 Å². The Morgan fingerprint density at radius 3 is 3.08 bits per heavy atom. The van der Waals surface area contributed by atoms with Crippen molar-refractivity contribution in [1.82, 2.24) is 19.8 Å². The SMILES string of the molecule is Cc1nc2cc(C(=O)O)[nH]n2n1. The molecule has 6 nitrogen and oxygen atoms in total. The van der Waals surface area contributed by atoms with Crippen LogP contribution in [0.5, 0.6) is 0 Å². The fourth-order valence-electron chi connectivity index (χ4n) is 0.992. The highest BCUT2D eigenvalue weighted by atomic mass is 16.4. The van der Waals surface area contributed by atoms with Crippen molar-refractivity contribution < 1.29 is 9.90 Å². The molecule has 0 fully saturated rings. The second-order valence-electron chi connectivity index (χ2n) is 2.40. The number of nitrogens with one attached hydrogen (secondary N) is 1. The van der Waals surface area contributed by atoms with Crippen LogP contribution in [0.3, 0.4) is 0 Å². The lowest BCUT2D eigenvalue weighted by Gasteiger charge is -1.83. The second-order valence-corrected chi connectivity index (χ2v) is 2.40. The summed E-state index contributed by atoms with van der Waals surface area (Å²) in [5.74, 6) is -0.404. The van der Waals surface area contributed by atoms with E-state index in [0.29, 0.717) is 11.5 Å². The number of carboxylic acids is 1. The number of nitrogens with zero attached hydrogens (tertiary/aromatic N) is 3. The van der Waals surface area contributed by atoms with Crippen molar-refractivity contribution in [3.8, 4) is 0 Å². The van der Waals surface area contributed by atoms with Crippen LogP contribution >= 0.6 is 0 Å². The summed E-state index contributed by atoms with van der Waals surface area (Å²) in [6.45, 7) is 1.74. The Bertz CT molecular complexity index is 410. The van der Waals surface area contributed by atoms with Gasteiger partial charge in [-0.1, -0.05) is 0 Å². The normalized spacial score (nSPS) is 10.8. The number of hydrogen-bond donors (Lipinski definition) is 2. The van der Waals surface area contributed by atoms with E-state index in [-0.39, 0.29) is 5.69 Å². The Morgan fingerprint density at radius 1 is 1.75 bits per heavy atom. The number of hydrogen-bond acceptors (Lipinski definition) is 3. The quantitative estimate of drug-likeness (QED) is 0.627. The molecule has 12 heavy (non-hydrogen) atoms. The molecule has 2 rings (SSSR count). The predicted molar refractivity (Wildman–Crippen MR) is 39.0 cm³/mol. The average molecular weight is 166 g/mol. The summed E-state index contributed by atoms with van der Waals surface area (Å²) in [5.41, 5.74) is 0.606. The Morgan fingerprint density at radius 2 is 2.50 bits per heavy atom. The van der Waals surface area contributed by atoms with Crippen molar-refractivity contribution in [2.75, 3.05) is 0 Å². The summed E-state index contributed by atoms with van der Waals surface area (Å²) in [6.07, 6.45) is 0. The van der Waals surface area contributed by atoms with Gasteiger partial charge >= 0.3 is 5.97 Å². The van der Waals surface area contributed by atoms with E-state index in [4.69, 9.17) is 5.11 Å². The van der Waals surface area contributed by atoms with Gasteiger partial charge in [0.15, 0.2) is 5.65 Å². The summed E-state index contributed by atoms with van der Waals surface area (Å²) in [4.78, 5) is 14.4. The highest BCUT2D eigenvalue weighted by Crippen LogP contribution is 2.02. The van der Waals surface area contributed by atoms with Gasteiger partial charge in [-0.3, -0.25) is 5.10 Å². The van der Waals surface area contributed by atoms with Crippen molar-refractivity contribution in [3.63, 3.8) is 0 Å². The number of fused-ring (bicyclic) bond motifs is 1.